The van der Waals surface area contributed by atoms with Crippen LogP contribution in [0.15, 0.2) is 42.5 Å². The fraction of sp³-hybridized carbons (Fsp3) is 0.167. The van der Waals surface area contributed by atoms with Gasteiger partial charge in [0.15, 0.2) is 0 Å². The maximum absolute atomic E-state index is 13.2. The molecule has 5 heteroatoms. The Morgan fingerprint density at radius 3 is 2.61 bits per heavy atom. The monoisotopic (exact) mass is 311 g/mol. The minimum Gasteiger partial charge on any atom is -0.378 e. The van der Waals surface area contributed by atoms with Crippen LogP contribution in [0.4, 0.5) is 15.8 Å². The molecule has 0 saturated heterocycles. The number of H-pyrrole nitrogens is 1. The van der Waals surface area contributed by atoms with E-state index in [1.165, 1.54) is 12.1 Å². The number of amides is 1. The van der Waals surface area contributed by atoms with E-state index in [-0.39, 0.29) is 11.7 Å². The molecule has 0 saturated carbocycles. The van der Waals surface area contributed by atoms with Gasteiger partial charge >= 0.3 is 0 Å². The molecule has 0 atom stereocenters. The lowest BCUT2D eigenvalue weighted by Crippen LogP contribution is -2.14. The molecule has 2 N–H and O–H groups in total. The van der Waals surface area contributed by atoms with Crippen LogP contribution in [0.1, 0.15) is 16.1 Å². The van der Waals surface area contributed by atoms with Crippen molar-refractivity contribution in [1.29, 1.82) is 0 Å². The number of aryl methyl sites for hydroxylation is 1. The lowest BCUT2D eigenvalue weighted by molar-refractivity contribution is 0.102. The van der Waals surface area contributed by atoms with E-state index < -0.39 is 0 Å². The third-order valence-corrected chi connectivity index (χ3v) is 3.80. The Bertz CT molecular complexity index is 883. The average Bonchev–Trinajstić information content (AvgIpc) is 2.92. The number of halogens is 1. The van der Waals surface area contributed by atoms with Crippen molar-refractivity contribution in [3.8, 4) is 0 Å². The Morgan fingerprint density at radius 2 is 1.91 bits per heavy atom. The molecule has 0 fully saturated rings. The van der Waals surface area contributed by atoms with Gasteiger partial charge in [-0.15, -0.1) is 0 Å². The van der Waals surface area contributed by atoms with E-state index in [0.29, 0.717) is 11.1 Å². The molecule has 1 heterocycles. The highest BCUT2D eigenvalue weighted by atomic mass is 19.1. The van der Waals surface area contributed by atoms with Crippen LogP contribution in [-0.4, -0.2) is 25.0 Å². The van der Waals surface area contributed by atoms with Gasteiger partial charge in [-0.05, 0) is 55.0 Å². The minimum absolute atomic E-state index is 0.248. The second-order valence-corrected chi connectivity index (χ2v) is 5.76. The van der Waals surface area contributed by atoms with Crippen LogP contribution in [0.25, 0.3) is 10.9 Å². The number of aromatic nitrogens is 1. The van der Waals surface area contributed by atoms with Gasteiger partial charge in [0.05, 0.1) is 0 Å². The number of benzene rings is 2. The molecule has 3 aromatic rings. The van der Waals surface area contributed by atoms with Gasteiger partial charge in [-0.25, -0.2) is 4.39 Å². The lowest BCUT2D eigenvalue weighted by Gasteiger charge is -2.15. The summed E-state index contributed by atoms with van der Waals surface area (Å²) in [5, 5.41) is 3.56. The first-order valence-corrected chi connectivity index (χ1v) is 7.31. The second kappa shape index (κ2) is 5.76. The Balaban J connectivity index is 1.85. The SMILES string of the molecule is Cc1cc(N(C)C)ccc1NC(=O)c1cc2cc(F)ccc2[nH]1. The van der Waals surface area contributed by atoms with Crippen molar-refractivity contribution in [3.05, 3.63) is 59.5 Å². The summed E-state index contributed by atoms with van der Waals surface area (Å²) in [6.07, 6.45) is 0. The summed E-state index contributed by atoms with van der Waals surface area (Å²) in [4.78, 5) is 17.4. The van der Waals surface area contributed by atoms with Gasteiger partial charge in [-0.3, -0.25) is 4.79 Å². The number of carbonyl (C=O) groups excluding carboxylic acids is 1. The highest BCUT2D eigenvalue weighted by Crippen LogP contribution is 2.23. The van der Waals surface area contributed by atoms with Crippen LogP contribution in [-0.2, 0) is 0 Å². The Morgan fingerprint density at radius 1 is 1.13 bits per heavy atom. The molecule has 0 bridgehead atoms. The van der Waals surface area contributed by atoms with Crippen LogP contribution in [0.5, 0.6) is 0 Å². The molecule has 118 valence electrons. The fourth-order valence-corrected chi connectivity index (χ4v) is 2.48. The van der Waals surface area contributed by atoms with E-state index in [4.69, 9.17) is 0 Å². The maximum Gasteiger partial charge on any atom is 0.272 e. The second-order valence-electron chi connectivity index (χ2n) is 5.76. The maximum atomic E-state index is 13.2. The third-order valence-electron chi connectivity index (χ3n) is 3.80. The summed E-state index contributed by atoms with van der Waals surface area (Å²) in [6.45, 7) is 1.95. The number of rotatable bonds is 3. The van der Waals surface area contributed by atoms with E-state index in [1.54, 1.807) is 12.1 Å². The number of fused-ring (bicyclic) bond motifs is 1. The number of aromatic amines is 1. The lowest BCUT2D eigenvalue weighted by atomic mass is 10.1. The first-order valence-electron chi connectivity index (χ1n) is 7.31. The minimum atomic E-state index is -0.321. The van der Waals surface area contributed by atoms with Gasteiger partial charge in [0, 0.05) is 36.4 Å². The number of hydrogen-bond donors (Lipinski definition) is 2. The highest BCUT2D eigenvalue weighted by molar-refractivity contribution is 6.06. The average molecular weight is 311 g/mol. The van der Waals surface area contributed by atoms with Gasteiger partial charge in [-0.1, -0.05) is 0 Å². The first-order chi connectivity index (χ1) is 10.9. The van der Waals surface area contributed by atoms with Crippen LogP contribution in [0.3, 0.4) is 0 Å². The molecule has 1 amide bonds. The van der Waals surface area contributed by atoms with Crippen LogP contribution < -0.4 is 10.2 Å². The summed E-state index contributed by atoms with van der Waals surface area (Å²) in [5.41, 5.74) is 3.94. The van der Waals surface area contributed by atoms with Crippen LogP contribution in [0.2, 0.25) is 0 Å². The van der Waals surface area contributed by atoms with E-state index in [0.717, 1.165) is 22.5 Å². The zero-order valence-corrected chi connectivity index (χ0v) is 13.3. The van der Waals surface area contributed by atoms with Crippen molar-refractivity contribution >= 4 is 28.2 Å². The Hall–Kier alpha value is -2.82. The topological polar surface area (TPSA) is 48.1 Å². The summed E-state index contributed by atoms with van der Waals surface area (Å²) >= 11 is 0. The van der Waals surface area contributed by atoms with Crippen molar-refractivity contribution in [2.45, 2.75) is 6.92 Å². The van der Waals surface area contributed by atoms with E-state index in [9.17, 15) is 9.18 Å². The standard InChI is InChI=1S/C18H18FN3O/c1-11-8-14(22(2)3)5-7-15(11)21-18(23)17-10-12-9-13(19)4-6-16(12)20-17/h4-10,20H,1-3H3,(H,21,23). The largest absolute Gasteiger partial charge is 0.378 e. The molecule has 4 nitrogen and oxygen atoms in total. The van der Waals surface area contributed by atoms with Gasteiger partial charge in [0.2, 0.25) is 0 Å². The fourth-order valence-electron chi connectivity index (χ4n) is 2.48. The quantitative estimate of drug-likeness (QED) is 0.770. The normalized spacial score (nSPS) is 10.8. The number of hydrogen-bond acceptors (Lipinski definition) is 2. The number of nitrogens with zero attached hydrogens (tertiary/aromatic N) is 1. The molecule has 0 spiro atoms. The van der Waals surface area contributed by atoms with Gasteiger partial charge < -0.3 is 15.2 Å². The van der Waals surface area contributed by atoms with Crippen LogP contribution in [0, 0.1) is 12.7 Å². The molecule has 0 aliphatic heterocycles. The molecule has 0 radical (unpaired) electrons. The molecule has 1 aromatic heterocycles. The molecular weight excluding hydrogens is 293 g/mol. The number of nitrogens with one attached hydrogen (secondary N) is 2. The smallest absolute Gasteiger partial charge is 0.272 e. The highest BCUT2D eigenvalue weighted by Gasteiger charge is 2.12. The van der Waals surface area contributed by atoms with E-state index in [2.05, 4.69) is 10.3 Å². The zero-order chi connectivity index (χ0) is 16.6. The van der Waals surface area contributed by atoms with Crippen molar-refractivity contribution in [3.63, 3.8) is 0 Å². The van der Waals surface area contributed by atoms with Crippen molar-refractivity contribution < 1.29 is 9.18 Å². The van der Waals surface area contributed by atoms with Gasteiger partial charge in [-0.2, -0.15) is 0 Å². The number of carbonyl (C=O) groups is 1. The summed E-state index contributed by atoms with van der Waals surface area (Å²) in [7, 11) is 3.94. The van der Waals surface area contributed by atoms with Crippen LogP contribution >= 0.6 is 0 Å². The van der Waals surface area contributed by atoms with Gasteiger partial charge in [0.25, 0.3) is 5.91 Å². The van der Waals surface area contributed by atoms with Crippen molar-refractivity contribution in [2.75, 3.05) is 24.3 Å². The van der Waals surface area contributed by atoms with E-state index >= 15 is 0 Å². The molecule has 0 aliphatic rings. The van der Waals surface area contributed by atoms with Crippen molar-refractivity contribution in [1.82, 2.24) is 4.98 Å². The molecule has 2 aromatic carbocycles. The zero-order valence-electron chi connectivity index (χ0n) is 13.3. The Kier molecular flexibility index (Phi) is 3.78. The molecule has 23 heavy (non-hydrogen) atoms. The summed E-state index contributed by atoms with van der Waals surface area (Å²) < 4.78 is 13.2. The van der Waals surface area contributed by atoms with Gasteiger partial charge in [0.1, 0.15) is 11.5 Å². The summed E-state index contributed by atoms with van der Waals surface area (Å²) in [6, 6.07) is 11.9. The number of anilines is 2. The molecule has 3 rings (SSSR count). The van der Waals surface area contributed by atoms with Crippen molar-refractivity contribution in [2.24, 2.45) is 0 Å². The first kappa shape index (κ1) is 15.1. The third kappa shape index (κ3) is 3.04. The molecule has 0 unspecified atom stereocenters. The molecular formula is C18H18FN3O. The molecule has 0 aliphatic carbocycles. The van der Waals surface area contributed by atoms with E-state index in [1.807, 2.05) is 44.1 Å². The predicted octanol–water partition coefficient (Wildman–Crippen LogP) is 3.93. The predicted molar refractivity (Wildman–Crippen MR) is 91.7 cm³/mol. The Labute approximate surface area is 133 Å². The summed E-state index contributed by atoms with van der Waals surface area (Å²) in [5.74, 6) is -0.569.